The minimum absolute atomic E-state index is 0.201. The first kappa shape index (κ1) is 11.4. The number of hydrogen-bond donors (Lipinski definition) is 2. The second-order valence-corrected chi connectivity index (χ2v) is 4.87. The zero-order chi connectivity index (χ0) is 11.7. The molecule has 0 radical (unpaired) electrons. The van der Waals surface area contributed by atoms with Gasteiger partial charge in [0.25, 0.3) is 0 Å². The van der Waals surface area contributed by atoms with Crippen LogP contribution in [0.25, 0.3) is 0 Å². The van der Waals surface area contributed by atoms with Crippen molar-refractivity contribution < 1.29 is 0 Å². The SMILES string of the molecule is Cc1nn(C)cc1C(C)NC(=S)NC1CC1. The van der Waals surface area contributed by atoms with Gasteiger partial charge in [0.05, 0.1) is 11.7 Å². The Morgan fingerprint density at radius 1 is 1.62 bits per heavy atom. The molecular formula is C11H18N4S. The van der Waals surface area contributed by atoms with Gasteiger partial charge in [0.2, 0.25) is 0 Å². The molecule has 1 fully saturated rings. The highest BCUT2D eigenvalue weighted by atomic mass is 32.1. The molecule has 1 atom stereocenters. The summed E-state index contributed by atoms with van der Waals surface area (Å²) in [7, 11) is 1.93. The minimum Gasteiger partial charge on any atom is -0.360 e. The van der Waals surface area contributed by atoms with E-state index in [1.165, 1.54) is 18.4 Å². The number of rotatable bonds is 3. The molecule has 0 aromatic carbocycles. The fraction of sp³-hybridized carbons (Fsp3) is 0.636. The summed E-state index contributed by atoms with van der Waals surface area (Å²) in [5.74, 6) is 0. The van der Waals surface area contributed by atoms with Crippen LogP contribution in [0.15, 0.2) is 6.20 Å². The van der Waals surface area contributed by atoms with Crippen molar-refractivity contribution in [2.45, 2.75) is 38.8 Å². The van der Waals surface area contributed by atoms with Crippen LogP contribution in [0.3, 0.4) is 0 Å². The highest BCUT2D eigenvalue weighted by molar-refractivity contribution is 7.80. The van der Waals surface area contributed by atoms with Crippen LogP contribution in [-0.4, -0.2) is 20.9 Å². The monoisotopic (exact) mass is 238 g/mol. The third-order valence-corrected chi connectivity index (χ3v) is 3.01. The van der Waals surface area contributed by atoms with Crippen molar-refractivity contribution in [3.8, 4) is 0 Å². The van der Waals surface area contributed by atoms with Crippen LogP contribution >= 0.6 is 12.2 Å². The number of aromatic nitrogens is 2. The van der Waals surface area contributed by atoms with Crippen LogP contribution in [0.4, 0.5) is 0 Å². The van der Waals surface area contributed by atoms with Crippen molar-refractivity contribution >= 4 is 17.3 Å². The number of nitrogens with zero attached hydrogens (tertiary/aromatic N) is 2. The van der Waals surface area contributed by atoms with E-state index < -0.39 is 0 Å². The standard InChI is InChI=1S/C11H18N4S/c1-7(10-6-15(3)14-8(10)2)12-11(16)13-9-4-5-9/h6-7,9H,4-5H2,1-3H3,(H2,12,13,16). The van der Waals surface area contributed by atoms with Crippen LogP contribution in [-0.2, 0) is 7.05 Å². The average Bonchev–Trinajstić information content (AvgIpc) is 2.90. The molecule has 1 aliphatic rings. The Labute approximate surface area is 101 Å². The molecule has 0 spiro atoms. The molecule has 1 aromatic rings. The molecule has 1 heterocycles. The molecule has 1 saturated carbocycles. The van der Waals surface area contributed by atoms with Crippen molar-refractivity contribution in [2.75, 3.05) is 0 Å². The van der Waals surface area contributed by atoms with E-state index in [0.717, 1.165) is 10.8 Å². The van der Waals surface area contributed by atoms with Gasteiger partial charge in [-0.25, -0.2) is 0 Å². The number of aryl methyl sites for hydroxylation is 2. The molecular weight excluding hydrogens is 220 g/mol. The lowest BCUT2D eigenvalue weighted by atomic mass is 10.1. The summed E-state index contributed by atoms with van der Waals surface area (Å²) in [5, 5.41) is 11.6. The topological polar surface area (TPSA) is 41.9 Å². The van der Waals surface area contributed by atoms with Crippen molar-refractivity contribution in [3.05, 3.63) is 17.5 Å². The maximum atomic E-state index is 5.25. The first-order valence-corrected chi connectivity index (χ1v) is 6.04. The van der Waals surface area contributed by atoms with E-state index in [2.05, 4.69) is 22.7 Å². The zero-order valence-corrected chi connectivity index (χ0v) is 10.8. The lowest BCUT2D eigenvalue weighted by molar-refractivity contribution is 0.692. The Bertz CT molecular complexity index is 395. The maximum absolute atomic E-state index is 5.25. The summed E-state index contributed by atoms with van der Waals surface area (Å²) in [6, 6.07) is 0.801. The van der Waals surface area contributed by atoms with Crippen molar-refractivity contribution in [1.29, 1.82) is 0 Å². The summed E-state index contributed by atoms with van der Waals surface area (Å²) in [5.41, 5.74) is 2.25. The van der Waals surface area contributed by atoms with Crippen LogP contribution in [0, 0.1) is 6.92 Å². The third kappa shape index (κ3) is 2.72. The normalized spacial score (nSPS) is 16.9. The molecule has 0 amide bonds. The molecule has 0 saturated heterocycles. The Balaban J connectivity index is 1.93. The van der Waals surface area contributed by atoms with E-state index >= 15 is 0 Å². The van der Waals surface area contributed by atoms with Crippen LogP contribution in [0.2, 0.25) is 0 Å². The fourth-order valence-electron chi connectivity index (χ4n) is 1.77. The molecule has 0 aliphatic heterocycles. The lowest BCUT2D eigenvalue weighted by Crippen LogP contribution is -2.38. The molecule has 1 aromatic heterocycles. The van der Waals surface area contributed by atoms with Gasteiger partial charge in [-0.05, 0) is 38.9 Å². The highest BCUT2D eigenvalue weighted by Crippen LogP contribution is 2.19. The van der Waals surface area contributed by atoms with Crippen LogP contribution in [0.1, 0.15) is 37.1 Å². The van der Waals surface area contributed by atoms with E-state index in [4.69, 9.17) is 12.2 Å². The van der Waals surface area contributed by atoms with Gasteiger partial charge >= 0.3 is 0 Å². The number of hydrogen-bond acceptors (Lipinski definition) is 2. The predicted molar refractivity (Wildman–Crippen MR) is 68.3 cm³/mol. The van der Waals surface area contributed by atoms with Gasteiger partial charge in [-0.2, -0.15) is 5.10 Å². The van der Waals surface area contributed by atoms with Crippen molar-refractivity contribution in [1.82, 2.24) is 20.4 Å². The number of thiocarbonyl (C=S) groups is 1. The van der Waals surface area contributed by atoms with Crippen LogP contribution in [0.5, 0.6) is 0 Å². The Morgan fingerprint density at radius 2 is 2.31 bits per heavy atom. The molecule has 1 aliphatic carbocycles. The van der Waals surface area contributed by atoms with Crippen molar-refractivity contribution in [3.63, 3.8) is 0 Å². The van der Waals surface area contributed by atoms with Gasteiger partial charge in [0.1, 0.15) is 0 Å². The van der Waals surface area contributed by atoms with Gasteiger partial charge in [-0.15, -0.1) is 0 Å². The van der Waals surface area contributed by atoms with E-state index in [1.807, 2.05) is 24.9 Å². The molecule has 2 N–H and O–H groups in total. The minimum atomic E-state index is 0.201. The molecule has 88 valence electrons. The third-order valence-electron chi connectivity index (χ3n) is 2.78. The Morgan fingerprint density at radius 3 is 2.81 bits per heavy atom. The smallest absolute Gasteiger partial charge is 0.166 e. The largest absolute Gasteiger partial charge is 0.360 e. The maximum Gasteiger partial charge on any atom is 0.166 e. The molecule has 0 bridgehead atoms. The average molecular weight is 238 g/mol. The van der Waals surface area contributed by atoms with Crippen molar-refractivity contribution in [2.24, 2.45) is 7.05 Å². The summed E-state index contributed by atoms with van der Waals surface area (Å²) in [6.45, 7) is 4.12. The first-order valence-electron chi connectivity index (χ1n) is 5.63. The van der Waals surface area contributed by atoms with E-state index in [0.29, 0.717) is 6.04 Å². The van der Waals surface area contributed by atoms with E-state index in [1.54, 1.807) is 0 Å². The molecule has 2 rings (SSSR count). The second-order valence-electron chi connectivity index (χ2n) is 4.46. The van der Waals surface area contributed by atoms with Gasteiger partial charge in [-0.1, -0.05) is 0 Å². The summed E-state index contributed by atoms with van der Waals surface area (Å²) in [4.78, 5) is 0. The zero-order valence-electron chi connectivity index (χ0n) is 9.95. The van der Waals surface area contributed by atoms with E-state index in [9.17, 15) is 0 Å². The summed E-state index contributed by atoms with van der Waals surface area (Å²) < 4.78 is 1.83. The molecule has 16 heavy (non-hydrogen) atoms. The van der Waals surface area contributed by atoms with Gasteiger partial charge in [0, 0.05) is 24.8 Å². The van der Waals surface area contributed by atoms with E-state index in [-0.39, 0.29) is 6.04 Å². The Hall–Kier alpha value is -1.10. The first-order chi connectivity index (χ1) is 7.56. The highest BCUT2D eigenvalue weighted by Gasteiger charge is 2.22. The lowest BCUT2D eigenvalue weighted by Gasteiger charge is -2.16. The molecule has 1 unspecified atom stereocenters. The fourth-order valence-corrected chi connectivity index (χ4v) is 2.12. The quantitative estimate of drug-likeness (QED) is 0.782. The van der Waals surface area contributed by atoms with Crippen LogP contribution < -0.4 is 10.6 Å². The van der Waals surface area contributed by atoms with Gasteiger partial charge < -0.3 is 10.6 Å². The summed E-state index contributed by atoms with van der Waals surface area (Å²) in [6.07, 6.45) is 4.51. The van der Waals surface area contributed by atoms with Gasteiger partial charge in [-0.3, -0.25) is 4.68 Å². The predicted octanol–water partition coefficient (Wildman–Crippen LogP) is 1.42. The molecule has 5 heteroatoms. The van der Waals surface area contributed by atoms with Gasteiger partial charge in [0.15, 0.2) is 5.11 Å². The Kier molecular flexibility index (Phi) is 3.14. The molecule has 4 nitrogen and oxygen atoms in total. The number of nitrogens with one attached hydrogen (secondary N) is 2. The summed E-state index contributed by atoms with van der Waals surface area (Å²) >= 11 is 5.25. The second kappa shape index (κ2) is 4.41.